The highest BCUT2D eigenvalue weighted by Gasteiger charge is 2.45. The average Bonchev–Trinajstić information content (AvgIpc) is 2.68. The van der Waals surface area contributed by atoms with Gasteiger partial charge in [-0.25, -0.2) is 18.0 Å². The van der Waals surface area contributed by atoms with Crippen molar-refractivity contribution in [2.45, 2.75) is 12.7 Å². The number of esters is 1. The van der Waals surface area contributed by atoms with Crippen molar-refractivity contribution in [3.63, 3.8) is 0 Å². The number of rotatable bonds is 2. The fourth-order valence-corrected chi connectivity index (χ4v) is 2.64. The fraction of sp³-hybridized carbons (Fsp3) is 0.118. The highest BCUT2D eigenvalue weighted by Crippen LogP contribution is 2.43. The van der Waals surface area contributed by atoms with Crippen LogP contribution in [0.2, 0.25) is 0 Å². The number of halogens is 3. The van der Waals surface area contributed by atoms with Gasteiger partial charge in [-0.05, 0) is 5.56 Å². The molecule has 3 rings (SSSR count). The van der Waals surface area contributed by atoms with Crippen molar-refractivity contribution in [3.05, 3.63) is 71.0 Å². The smallest absolute Gasteiger partial charge is 0.342 e. The third-order valence-corrected chi connectivity index (χ3v) is 3.53. The molecule has 1 unspecified atom stereocenters. The van der Waals surface area contributed by atoms with Gasteiger partial charge in [0.25, 0.3) is 0 Å². The van der Waals surface area contributed by atoms with Crippen molar-refractivity contribution in [2.24, 2.45) is 0 Å². The van der Waals surface area contributed by atoms with Crippen molar-refractivity contribution in [2.75, 3.05) is 0 Å². The molecular weight excluding hydrogens is 309 g/mol. The lowest BCUT2D eigenvalue weighted by molar-refractivity contribution is -0.169. The van der Waals surface area contributed by atoms with E-state index in [2.05, 4.69) is 0 Å². The molecule has 118 valence electrons. The van der Waals surface area contributed by atoms with Gasteiger partial charge >= 0.3 is 5.97 Å². The molecule has 2 aromatic rings. The topological polar surface area (TPSA) is 46.5 Å². The van der Waals surface area contributed by atoms with E-state index in [4.69, 9.17) is 4.74 Å². The SMILES string of the molecule is CC1(O)OC(=O)C(c2c(F)cc(F)cc2F)=C1c1ccccc1. The zero-order valence-electron chi connectivity index (χ0n) is 11.9. The first kappa shape index (κ1) is 15.3. The molecule has 1 heterocycles. The molecule has 1 aliphatic rings. The van der Waals surface area contributed by atoms with E-state index in [0.29, 0.717) is 17.7 Å². The molecule has 0 saturated heterocycles. The normalized spacial score (nSPS) is 20.8. The van der Waals surface area contributed by atoms with Gasteiger partial charge in [0.15, 0.2) is 0 Å². The number of hydrogen-bond donors (Lipinski definition) is 1. The third kappa shape index (κ3) is 2.51. The highest BCUT2D eigenvalue weighted by atomic mass is 19.1. The second-order valence-electron chi connectivity index (χ2n) is 5.23. The molecule has 0 aliphatic carbocycles. The van der Waals surface area contributed by atoms with Crippen LogP contribution in [0.5, 0.6) is 0 Å². The number of carbonyl (C=O) groups is 1. The Morgan fingerprint density at radius 2 is 1.61 bits per heavy atom. The van der Waals surface area contributed by atoms with E-state index in [0.717, 1.165) is 0 Å². The van der Waals surface area contributed by atoms with Crippen molar-refractivity contribution >= 4 is 17.1 Å². The van der Waals surface area contributed by atoms with E-state index in [1.54, 1.807) is 30.3 Å². The Kier molecular flexibility index (Phi) is 3.49. The van der Waals surface area contributed by atoms with Crippen LogP contribution in [-0.4, -0.2) is 16.9 Å². The average molecular weight is 320 g/mol. The van der Waals surface area contributed by atoms with E-state index < -0.39 is 40.3 Å². The largest absolute Gasteiger partial charge is 0.425 e. The standard InChI is InChI=1S/C17H11F3O3/c1-17(22)15(9-5-3-2-4-6-9)14(16(21)23-17)13-11(19)7-10(18)8-12(13)20/h2-8,22H,1H3. The fourth-order valence-electron chi connectivity index (χ4n) is 2.64. The molecule has 1 aliphatic heterocycles. The molecule has 0 fully saturated rings. The molecule has 6 heteroatoms. The molecule has 1 atom stereocenters. The van der Waals surface area contributed by atoms with E-state index in [1.165, 1.54) is 6.92 Å². The van der Waals surface area contributed by atoms with Crippen LogP contribution in [-0.2, 0) is 9.53 Å². The Morgan fingerprint density at radius 3 is 2.17 bits per heavy atom. The zero-order valence-corrected chi connectivity index (χ0v) is 11.9. The van der Waals surface area contributed by atoms with Crippen LogP contribution in [0.1, 0.15) is 18.1 Å². The Bertz CT molecular complexity index is 803. The molecule has 1 N–H and O–H groups in total. The van der Waals surface area contributed by atoms with E-state index in [-0.39, 0.29) is 5.57 Å². The van der Waals surface area contributed by atoms with Gasteiger partial charge in [-0.3, -0.25) is 0 Å². The van der Waals surface area contributed by atoms with Gasteiger partial charge in [0.1, 0.15) is 17.5 Å². The molecule has 2 aromatic carbocycles. The van der Waals surface area contributed by atoms with Crippen LogP contribution in [0.4, 0.5) is 13.2 Å². The van der Waals surface area contributed by atoms with Gasteiger partial charge < -0.3 is 9.84 Å². The Morgan fingerprint density at radius 1 is 1.04 bits per heavy atom. The summed E-state index contributed by atoms with van der Waals surface area (Å²) in [5.74, 6) is -6.75. The summed E-state index contributed by atoms with van der Waals surface area (Å²) >= 11 is 0. The van der Waals surface area contributed by atoms with Crippen LogP contribution in [0, 0.1) is 17.5 Å². The summed E-state index contributed by atoms with van der Waals surface area (Å²) in [4.78, 5) is 12.1. The predicted molar refractivity (Wildman–Crippen MR) is 76.3 cm³/mol. The van der Waals surface area contributed by atoms with E-state index in [1.807, 2.05) is 0 Å². The van der Waals surface area contributed by atoms with Crippen LogP contribution in [0.3, 0.4) is 0 Å². The molecule has 0 amide bonds. The Hall–Kier alpha value is -2.60. The summed E-state index contributed by atoms with van der Waals surface area (Å²) in [6.45, 7) is 1.19. The van der Waals surface area contributed by atoms with Crippen molar-refractivity contribution in [3.8, 4) is 0 Å². The summed E-state index contributed by atoms with van der Waals surface area (Å²) in [6, 6.07) is 9.03. The highest BCUT2D eigenvalue weighted by molar-refractivity contribution is 6.28. The summed E-state index contributed by atoms with van der Waals surface area (Å²) < 4.78 is 46.1. The molecule has 0 aromatic heterocycles. The first-order chi connectivity index (χ1) is 10.8. The molecule has 0 spiro atoms. The lowest BCUT2D eigenvalue weighted by atomic mass is 9.91. The second kappa shape index (κ2) is 5.24. The van der Waals surface area contributed by atoms with E-state index >= 15 is 0 Å². The zero-order chi connectivity index (χ0) is 16.8. The van der Waals surface area contributed by atoms with Gasteiger partial charge in [-0.1, -0.05) is 30.3 Å². The van der Waals surface area contributed by atoms with Gasteiger partial charge in [-0.2, -0.15) is 0 Å². The minimum absolute atomic E-state index is 0.0764. The van der Waals surface area contributed by atoms with Crippen LogP contribution in [0.25, 0.3) is 11.1 Å². The quantitative estimate of drug-likeness (QED) is 0.864. The van der Waals surface area contributed by atoms with Crippen molar-refractivity contribution in [1.82, 2.24) is 0 Å². The summed E-state index contributed by atoms with van der Waals surface area (Å²) in [7, 11) is 0. The first-order valence-corrected chi connectivity index (χ1v) is 6.72. The Balaban J connectivity index is 2.36. The van der Waals surface area contributed by atoms with Crippen LogP contribution >= 0.6 is 0 Å². The number of aliphatic hydroxyl groups is 1. The number of carbonyl (C=O) groups excluding carboxylic acids is 1. The molecular formula is C17H11F3O3. The second-order valence-corrected chi connectivity index (χ2v) is 5.23. The maximum atomic E-state index is 14.1. The maximum absolute atomic E-state index is 14.1. The van der Waals surface area contributed by atoms with E-state index in [9.17, 15) is 23.1 Å². The lowest BCUT2D eigenvalue weighted by Crippen LogP contribution is -2.26. The van der Waals surface area contributed by atoms with Gasteiger partial charge in [0, 0.05) is 24.6 Å². The van der Waals surface area contributed by atoms with Gasteiger partial charge in [0.2, 0.25) is 5.79 Å². The molecule has 0 bridgehead atoms. The minimum atomic E-state index is -2.05. The number of hydrogen-bond acceptors (Lipinski definition) is 3. The van der Waals surface area contributed by atoms with Crippen LogP contribution < -0.4 is 0 Å². The maximum Gasteiger partial charge on any atom is 0.342 e. The molecule has 0 radical (unpaired) electrons. The molecule has 23 heavy (non-hydrogen) atoms. The number of benzene rings is 2. The molecule has 3 nitrogen and oxygen atoms in total. The minimum Gasteiger partial charge on any atom is -0.425 e. The lowest BCUT2D eigenvalue weighted by Gasteiger charge is -2.19. The number of cyclic esters (lactones) is 1. The van der Waals surface area contributed by atoms with Gasteiger partial charge in [-0.15, -0.1) is 0 Å². The summed E-state index contributed by atoms with van der Waals surface area (Å²) in [6.07, 6.45) is 0. The van der Waals surface area contributed by atoms with Crippen molar-refractivity contribution in [1.29, 1.82) is 0 Å². The molecule has 0 saturated carbocycles. The first-order valence-electron chi connectivity index (χ1n) is 6.72. The number of ether oxygens (including phenoxy) is 1. The predicted octanol–water partition coefficient (Wildman–Crippen LogP) is 3.28. The third-order valence-electron chi connectivity index (χ3n) is 3.53. The Labute approximate surface area is 129 Å². The van der Waals surface area contributed by atoms with Crippen LogP contribution in [0.15, 0.2) is 42.5 Å². The van der Waals surface area contributed by atoms with Crippen molar-refractivity contribution < 1.29 is 27.8 Å². The van der Waals surface area contributed by atoms with Gasteiger partial charge in [0.05, 0.1) is 11.1 Å². The summed E-state index contributed by atoms with van der Waals surface area (Å²) in [5, 5.41) is 10.3. The summed E-state index contributed by atoms with van der Waals surface area (Å²) in [5.41, 5.74) is -0.904. The monoisotopic (exact) mass is 320 g/mol.